The summed E-state index contributed by atoms with van der Waals surface area (Å²) in [5.41, 5.74) is 0.344. The highest BCUT2D eigenvalue weighted by Crippen LogP contribution is 2.40. The lowest BCUT2D eigenvalue weighted by Gasteiger charge is -2.39. The second kappa shape index (κ2) is 4.31. The molecule has 0 bridgehead atoms. The Morgan fingerprint density at radius 1 is 1.29 bits per heavy atom. The van der Waals surface area contributed by atoms with Crippen molar-refractivity contribution in [3.05, 3.63) is 0 Å². The van der Waals surface area contributed by atoms with Crippen LogP contribution in [0, 0.1) is 28.6 Å². The predicted molar refractivity (Wildman–Crippen MR) is 56.7 cm³/mol. The van der Waals surface area contributed by atoms with Crippen molar-refractivity contribution in [1.82, 2.24) is 0 Å². The zero-order chi connectivity index (χ0) is 10.8. The summed E-state index contributed by atoms with van der Waals surface area (Å²) in [6, 6.07) is 2.35. The molecule has 0 radical (unpaired) electrons. The first-order chi connectivity index (χ1) is 6.49. The highest BCUT2D eigenvalue weighted by atomic mass is 16.5. The minimum Gasteiger partial charge on any atom is -0.380 e. The van der Waals surface area contributed by atoms with Crippen molar-refractivity contribution >= 4 is 0 Å². The van der Waals surface area contributed by atoms with Crippen molar-refractivity contribution in [2.24, 2.45) is 17.3 Å². The van der Waals surface area contributed by atoms with E-state index in [1.807, 2.05) is 0 Å². The second-order valence-electron chi connectivity index (χ2n) is 5.39. The molecule has 0 spiro atoms. The predicted octanol–water partition coefficient (Wildman–Crippen LogP) is 2.99. The molecule has 1 rings (SSSR count). The van der Waals surface area contributed by atoms with Crippen LogP contribution in [0.4, 0.5) is 0 Å². The Hall–Kier alpha value is -0.550. The van der Waals surface area contributed by atoms with Crippen LogP contribution in [0.25, 0.3) is 0 Å². The summed E-state index contributed by atoms with van der Waals surface area (Å²) in [4.78, 5) is 0. The fraction of sp³-hybridized carbons (Fsp3) is 0.917. The van der Waals surface area contributed by atoms with Crippen molar-refractivity contribution in [1.29, 1.82) is 5.26 Å². The highest BCUT2D eigenvalue weighted by molar-refractivity contribution is 4.95. The average Bonchev–Trinajstić information content (AvgIpc) is 2.15. The number of hydrogen-bond donors (Lipinski definition) is 0. The van der Waals surface area contributed by atoms with Crippen molar-refractivity contribution in [2.75, 3.05) is 7.11 Å². The summed E-state index contributed by atoms with van der Waals surface area (Å²) in [5.74, 6) is 0.802. The molecule has 3 unspecified atom stereocenters. The van der Waals surface area contributed by atoms with Gasteiger partial charge >= 0.3 is 0 Å². The standard InChI is InChI=1S/C12H21NO/c1-12(2,3)10-6-5-9(8-13)11(7-10)14-4/h9-11H,5-7H2,1-4H3. The van der Waals surface area contributed by atoms with Gasteiger partial charge in [-0.1, -0.05) is 20.8 Å². The molecule has 0 heterocycles. The first-order valence-corrected chi connectivity index (χ1v) is 5.41. The largest absolute Gasteiger partial charge is 0.380 e. The first kappa shape index (κ1) is 11.5. The van der Waals surface area contributed by atoms with Crippen LogP contribution < -0.4 is 0 Å². The third kappa shape index (κ3) is 2.48. The van der Waals surface area contributed by atoms with Gasteiger partial charge in [0.2, 0.25) is 0 Å². The quantitative estimate of drug-likeness (QED) is 0.644. The fourth-order valence-corrected chi connectivity index (χ4v) is 2.32. The molecule has 0 saturated heterocycles. The zero-order valence-corrected chi connectivity index (χ0v) is 9.71. The molecule has 3 atom stereocenters. The molecular weight excluding hydrogens is 174 g/mol. The molecule has 14 heavy (non-hydrogen) atoms. The van der Waals surface area contributed by atoms with E-state index in [2.05, 4.69) is 26.8 Å². The molecule has 1 aliphatic carbocycles. The molecule has 0 amide bonds. The molecule has 2 heteroatoms. The van der Waals surface area contributed by atoms with Crippen LogP contribution in [-0.4, -0.2) is 13.2 Å². The van der Waals surface area contributed by atoms with Crippen LogP contribution in [0.15, 0.2) is 0 Å². The zero-order valence-electron chi connectivity index (χ0n) is 9.71. The van der Waals surface area contributed by atoms with E-state index in [0.717, 1.165) is 12.8 Å². The van der Waals surface area contributed by atoms with Gasteiger partial charge in [-0.15, -0.1) is 0 Å². The molecule has 0 aromatic carbocycles. The Kier molecular flexibility index (Phi) is 3.55. The van der Waals surface area contributed by atoms with Gasteiger partial charge in [-0.25, -0.2) is 0 Å². The van der Waals surface area contributed by atoms with Crippen molar-refractivity contribution in [3.8, 4) is 6.07 Å². The maximum absolute atomic E-state index is 8.95. The van der Waals surface area contributed by atoms with E-state index in [9.17, 15) is 0 Å². The van der Waals surface area contributed by atoms with Crippen molar-refractivity contribution < 1.29 is 4.74 Å². The number of methoxy groups -OCH3 is 1. The van der Waals surface area contributed by atoms with Crippen LogP contribution in [0.3, 0.4) is 0 Å². The Morgan fingerprint density at radius 3 is 2.36 bits per heavy atom. The van der Waals surface area contributed by atoms with Gasteiger partial charge in [-0.2, -0.15) is 5.26 Å². The molecule has 80 valence electrons. The van der Waals surface area contributed by atoms with Gasteiger partial charge in [0.1, 0.15) is 0 Å². The minimum atomic E-state index is 0.110. The number of rotatable bonds is 1. The summed E-state index contributed by atoms with van der Waals surface area (Å²) in [6.07, 6.45) is 3.36. The second-order valence-corrected chi connectivity index (χ2v) is 5.39. The Labute approximate surface area is 87.3 Å². The molecule has 0 N–H and O–H groups in total. The number of nitriles is 1. The van der Waals surface area contributed by atoms with Crippen LogP contribution in [-0.2, 0) is 4.74 Å². The van der Waals surface area contributed by atoms with Gasteiger partial charge in [0, 0.05) is 7.11 Å². The molecule has 1 fully saturated rings. The van der Waals surface area contributed by atoms with Gasteiger partial charge in [-0.05, 0) is 30.6 Å². The maximum Gasteiger partial charge on any atom is 0.0732 e. The monoisotopic (exact) mass is 195 g/mol. The maximum atomic E-state index is 8.95. The van der Waals surface area contributed by atoms with Gasteiger partial charge in [0.25, 0.3) is 0 Å². The third-order valence-corrected chi connectivity index (χ3v) is 3.49. The van der Waals surface area contributed by atoms with Gasteiger partial charge in [-0.3, -0.25) is 0 Å². The highest BCUT2D eigenvalue weighted by Gasteiger charge is 2.35. The molecule has 1 saturated carbocycles. The van der Waals surface area contributed by atoms with E-state index in [4.69, 9.17) is 10.00 Å². The molecule has 2 nitrogen and oxygen atoms in total. The summed E-state index contributed by atoms with van der Waals surface area (Å²) < 4.78 is 5.40. The van der Waals surface area contributed by atoms with Crippen molar-refractivity contribution in [2.45, 2.75) is 46.1 Å². The lowest BCUT2D eigenvalue weighted by molar-refractivity contribution is -0.000332. The lowest BCUT2D eigenvalue weighted by Crippen LogP contribution is -2.35. The SMILES string of the molecule is COC1CC(C(C)(C)C)CCC1C#N. The normalized spacial score (nSPS) is 33.8. The third-order valence-electron chi connectivity index (χ3n) is 3.49. The first-order valence-electron chi connectivity index (χ1n) is 5.41. The van der Waals surface area contributed by atoms with E-state index in [1.54, 1.807) is 7.11 Å². The molecule has 1 aliphatic rings. The van der Waals surface area contributed by atoms with Crippen LogP contribution >= 0.6 is 0 Å². The van der Waals surface area contributed by atoms with E-state index < -0.39 is 0 Å². The van der Waals surface area contributed by atoms with Crippen LogP contribution in [0.1, 0.15) is 40.0 Å². The summed E-state index contributed by atoms with van der Waals surface area (Å²) >= 11 is 0. The van der Waals surface area contributed by atoms with Crippen molar-refractivity contribution in [3.63, 3.8) is 0 Å². The smallest absolute Gasteiger partial charge is 0.0732 e. The number of nitrogens with zero attached hydrogens (tertiary/aromatic N) is 1. The summed E-state index contributed by atoms with van der Waals surface area (Å²) in [5, 5.41) is 8.95. The number of ether oxygens (including phenoxy) is 1. The molecule has 0 aromatic heterocycles. The van der Waals surface area contributed by atoms with Crippen LogP contribution in [0.5, 0.6) is 0 Å². The van der Waals surface area contributed by atoms with Crippen LogP contribution in [0.2, 0.25) is 0 Å². The Morgan fingerprint density at radius 2 is 1.93 bits per heavy atom. The lowest BCUT2D eigenvalue weighted by atomic mass is 9.69. The van der Waals surface area contributed by atoms with E-state index in [0.29, 0.717) is 11.3 Å². The topological polar surface area (TPSA) is 33.0 Å². The minimum absolute atomic E-state index is 0.110. The molecular formula is C12H21NO. The average molecular weight is 195 g/mol. The van der Waals surface area contributed by atoms with E-state index in [1.165, 1.54) is 6.42 Å². The number of hydrogen-bond acceptors (Lipinski definition) is 2. The Bertz CT molecular complexity index is 223. The van der Waals surface area contributed by atoms with Gasteiger partial charge in [0.05, 0.1) is 18.1 Å². The van der Waals surface area contributed by atoms with E-state index in [-0.39, 0.29) is 12.0 Å². The molecule has 0 aromatic rings. The fourth-order valence-electron chi connectivity index (χ4n) is 2.32. The van der Waals surface area contributed by atoms with E-state index >= 15 is 0 Å². The van der Waals surface area contributed by atoms with Gasteiger partial charge in [0.15, 0.2) is 0 Å². The Balaban J connectivity index is 2.62. The molecule has 0 aliphatic heterocycles. The summed E-state index contributed by atoms with van der Waals surface area (Å²) in [6.45, 7) is 6.82. The van der Waals surface area contributed by atoms with Gasteiger partial charge < -0.3 is 4.74 Å². The summed E-state index contributed by atoms with van der Waals surface area (Å²) in [7, 11) is 1.72.